The highest BCUT2D eigenvalue weighted by atomic mass is 16.5. The second-order valence-corrected chi connectivity index (χ2v) is 6.69. The van der Waals surface area contributed by atoms with Crippen LogP contribution in [0.1, 0.15) is 29.0 Å². The number of aromatic nitrogens is 1. The van der Waals surface area contributed by atoms with Gasteiger partial charge in [-0.25, -0.2) is 0 Å². The molecule has 2 atom stereocenters. The molecule has 1 saturated heterocycles. The van der Waals surface area contributed by atoms with Gasteiger partial charge in [0.2, 0.25) is 0 Å². The van der Waals surface area contributed by atoms with Crippen molar-refractivity contribution in [3.8, 4) is 5.75 Å². The smallest absolute Gasteiger partial charge is 0.253 e. The number of carbonyl (C=O) groups is 1. The Labute approximate surface area is 153 Å². The molecule has 132 valence electrons. The van der Waals surface area contributed by atoms with Gasteiger partial charge in [-0.15, -0.1) is 0 Å². The summed E-state index contributed by atoms with van der Waals surface area (Å²) in [5.74, 6) is 0.901. The number of methoxy groups -OCH3 is 1. The summed E-state index contributed by atoms with van der Waals surface area (Å²) in [6.45, 7) is 4.11. The summed E-state index contributed by atoms with van der Waals surface area (Å²) in [6, 6.07) is 21.8. The maximum Gasteiger partial charge on any atom is 0.253 e. The second-order valence-electron chi connectivity index (χ2n) is 6.69. The lowest BCUT2D eigenvalue weighted by molar-refractivity contribution is -0.129. The van der Waals surface area contributed by atoms with Crippen LogP contribution < -0.4 is 9.64 Å². The Kier molecular flexibility index (Phi) is 4.03. The molecule has 0 radical (unpaired) electrons. The van der Waals surface area contributed by atoms with Crippen molar-refractivity contribution < 1.29 is 9.53 Å². The molecule has 1 aliphatic rings. The van der Waals surface area contributed by atoms with Crippen LogP contribution in [0.2, 0.25) is 0 Å². The molecule has 1 aromatic heterocycles. The minimum atomic E-state index is -0.213. The number of rotatable bonds is 4. The molecular weight excluding hydrogens is 324 g/mol. The third kappa shape index (κ3) is 2.49. The normalized spacial score (nSPS) is 19.3. The zero-order valence-electron chi connectivity index (χ0n) is 15.2. The third-order valence-corrected chi connectivity index (χ3v) is 5.16. The number of benzene rings is 2. The molecule has 4 heteroatoms. The Balaban J connectivity index is 1.78. The van der Waals surface area contributed by atoms with Crippen molar-refractivity contribution in [1.82, 2.24) is 4.57 Å². The summed E-state index contributed by atoms with van der Waals surface area (Å²) in [5, 5.41) is 0. The Hall–Kier alpha value is -3.01. The summed E-state index contributed by atoms with van der Waals surface area (Å²) < 4.78 is 7.40. The van der Waals surface area contributed by atoms with Crippen LogP contribution in [-0.2, 0) is 4.79 Å². The number of amides is 1. The summed E-state index contributed by atoms with van der Waals surface area (Å²) in [5.41, 5.74) is 4.25. The molecule has 0 aliphatic carbocycles. The van der Waals surface area contributed by atoms with Crippen LogP contribution in [0, 0.1) is 13.8 Å². The standard InChI is InChI=1S/C22H22N2O2/c1-15-9-10-16(2)23(15)21-20(17-7-5-4-6-8-17)24(22(21)25)18-11-13-19(26-3)14-12-18/h4-14,20-21H,1-3H3/t20-,21+/m1/s1. The lowest BCUT2D eigenvalue weighted by Gasteiger charge is -2.48. The van der Waals surface area contributed by atoms with E-state index in [4.69, 9.17) is 4.74 Å². The summed E-state index contributed by atoms with van der Waals surface area (Å²) in [6.07, 6.45) is 0. The number of hydrogen-bond donors (Lipinski definition) is 0. The number of β-lactam (4-membered cyclic amide) rings is 1. The molecule has 0 unspecified atom stereocenters. The molecule has 0 spiro atoms. The van der Waals surface area contributed by atoms with Crippen LogP contribution in [0.15, 0.2) is 66.7 Å². The summed E-state index contributed by atoms with van der Waals surface area (Å²) in [4.78, 5) is 15.1. The molecule has 26 heavy (non-hydrogen) atoms. The van der Waals surface area contributed by atoms with Gasteiger partial charge in [0.25, 0.3) is 5.91 Å². The molecule has 3 aromatic rings. The lowest BCUT2D eigenvalue weighted by Crippen LogP contribution is -2.56. The SMILES string of the molecule is COc1ccc(N2C(=O)[C@@H](n3c(C)ccc3C)[C@H]2c2ccccc2)cc1. The molecule has 1 aliphatic heterocycles. The van der Waals surface area contributed by atoms with Gasteiger partial charge in [-0.2, -0.15) is 0 Å². The van der Waals surface area contributed by atoms with Crippen LogP contribution in [0.3, 0.4) is 0 Å². The predicted molar refractivity (Wildman–Crippen MR) is 103 cm³/mol. The molecule has 1 fully saturated rings. The van der Waals surface area contributed by atoms with Crippen LogP contribution in [0.4, 0.5) is 5.69 Å². The Bertz CT molecular complexity index is 909. The first-order chi connectivity index (χ1) is 12.6. The van der Waals surface area contributed by atoms with Gasteiger partial charge in [0, 0.05) is 17.1 Å². The van der Waals surface area contributed by atoms with E-state index in [9.17, 15) is 4.79 Å². The van der Waals surface area contributed by atoms with Gasteiger partial charge in [0.05, 0.1) is 13.2 Å². The van der Waals surface area contributed by atoms with E-state index in [1.165, 1.54) is 0 Å². The van der Waals surface area contributed by atoms with Crippen molar-refractivity contribution >= 4 is 11.6 Å². The number of ether oxygens (including phenoxy) is 1. The largest absolute Gasteiger partial charge is 0.497 e. The van der Waals surface area contributed by atoms with Crippen molar-refractivity contribution in [2.45, 2.75) is 25.9 Å². The van der Waals surface area contributed by atoms with Gasteiger partial charge in [-0.3, -0.25) is 4.79 Å². The number of anilines is 1. The number of carbonyl (C=O) groups excluding carboxylic acids is 1. The topological polar surface area (TPSA) is 34.5 Å². The Morgan fingerprint density at radius 1 is 0.808 bits per heavy atom. The van der Waals surface area contributed by atoms with Crippen molar-refractivity contribution in [3.05, 3.63) is 83.7 Å². The monoisotopic (exact) mass is 346 g/mol. The van der Waals surface area contributed by atoms with Gasteiger partial charge in [0.15, 0.2) is 0 Å². The van der Waals surface area contributed by atoms with Gasteiger partial charge < -0.3 is 14.2 Å². The minimum Gasteiger partial charge on any atom is -0.497 e. The van der Waals surface area contributed by atoms with Gasteiger partial charge >= 0.3 is 0 Å². The van der Waals surface area contributed by atoms with Crippen molar-refractivity contribution in [2.75, 3.05) is 12.0 Å². The van der Waals surface area contributed by atoms with Crippen molar-refractivity contribution in [2.24, 2.45) is 0 Å². The average molecular weight is 346 g/mol. The van der Waals surface area contributed by atoms with Crippen LogP contribution in [0.5, 0.6) is 5.75 Å². The first-order valence-electron chi connectivity index (χ1n) is 8.78. The average Bonchev–Trinajstić information content (AvgIpc) is 2.99. The quantitative estimate of drug-likeness (QED) is 0.655. The molecule has 0 saturated carbocycles. The Morgan fingerprint density at radius 3 is 2.00 bits per heavy atom. The first-order valence-corrected chi connectivity index (χ1v) is 8.78. The van der Waals surface area contributed by atoms with Gasteiger partial charge in [-0.05, 0) is 55.8 Å². The highest BCUT2D eigenvalue weighted by molar-refractivity contribution is 6.04. The minimum absolute atomic E-state index is 0.0260. The molecule has 4 rings (SSSR count). The number of hydrogen-bond acceptors (Lipinski definition) is 2. The van der Waals surface area contributed by atoms with E-state index in [0.717, 1.165) is 28.4 Å². The highest BCUT2D eigenvalue weighted by Crippen LogP contribution is 2.47. The number of aryl methyl sites for hydroxylation is 2. The van der Waals surface area contributed by atoms with Crippen LogP contribution >= 0.6 is 0 Å². The van der Waals surface area contributed by atoms with Gasteiger partial charge in [0.1, 0.15) is 11.8 Å². The van der Waals surface area contributed by atoms with E-state index < -0.39 is 0 Å². The van der Waals surface area contributed by atoms with Crippen molar-refractivity contribution in [1.29, 1.82) is 0 Å². The predicted octanol–water partition coefficient (Wildman–Crippen LogP) is 4.44. The van der Waals surface area contributed by atoms with Gasteiger partial charge in [-0.1, -0.05) is 30.3 Å². The molecule has 4 nitrogen and oxygen atoms in total. The fourth-order valence-electron chi connectivity index (χ4n) is 3.86. The molecule has 1 amide bonds. The van der Waals surface area contributed by atoms with Crippen molar-refractivity contribution in [3.63, 3.8) is 0 Å². The maximum absolute atomic E-state index is 13.2. The fraction of sp³-hybridized carbons (Fsp3) is 0.227. The van der Waals surface area contributed by atoms with Crippen LogP contribution in [0.25, 0.3) is 0 Å². The molecule has 0 N–H and O–H groups in total. The molecule has 0 bridgehead atoms. The zero-order chi connectivity index (χ0) is 18.3. The zero-order valence-corrected chi connectivity index (χ0v) is 15.2. The van der Waals surface area contributed by atoms with Crippen LogP contribution in [-0.4, -0.2) is 17.6 Å². The third-order valence-electron chi connectivity index (χ3n) is 5.16. The van der Waals surface area contributed by atoms with E-state index in [0.29, 0.717) is 0 Å². The van der Waals surface area contributed by atoms with E-state index >= 15 is 0 Å². The summed E-state index contributed by atoms with van der Waals surface area (Å²) >= 11 is 0. The Morgan fingerprint density at radius 2 is 1.42 bits per heavy atom. The fourth-order valence-corrected chi connectivity index (χ4v) is 3.86. The van der Waals surface area contributed by atoms with E-state index in [1.807, 2.05) is 47.4 Å². The lowest BCUT2D eigenvalue weighted by atomic mass is 9.87. The first kappa shape index (κ1) is 16.5. The van der Waals surface area contributed by atoms with E-state index in [2.05, 4.69) is 42.7 Å². The van der Waals surface area contributed by atoms with E-state index in [1.54, 1.807) is 7.11 Å². The molecular formula is C22H22N2O2. The summed E-state index contributed by atoms with van der Waals surface area (Å²) in [7, 11) is 1.64. The second kappa shape index (κ2) is 6.37. The van der Waals surface area contributed by atoms with E-state index in [-0.39, 0.29) is 18.0 Å². The molecule has 2 heterocycles. The highest BCUT2D eigenvalue weighted by Gasteiger charge is 2.50. The maximum atomic E-state index is 13.2. The number of nitrogens with zero attached hydrogens (tertiary/aromatic N) is 2. The molecule has 2 aromatic carbocycles.